The van der Waals surface area contributed by atoms with Gasteiger partial charge in [-0.15, -0.1) is 0 Å². The highest BCUT2D eigenvalue weighted by molar-refractivity contribution is 9.10. The molecule has 0 spiro atoms. The van der Waals surface area contributed by atoms with Crippen molar-refractivity contribution in [1.29, 1.82) is 0 Å². The Labute approximate surface area is 114 Å². The highest BCUT2D eigenvalue weighted by atomic mass is 79.9. The first-order chi connectivity index (χ1) is 8.04. The minimum Gasteiger partial charge on any atom is -0.340 e. The Kier molecular flexibility index (Phi) is 3.69. The van der Waals surface area contributed by atoms with Crippen LogP contribution in [0, 0.1) is 13.8 Å². The molecule has 0 fully saturated rings. The zero-order valence-electron chi connectivity index (χ0n) is 9.59. The third kappa shape index (κ3) is 3.20. The Morgan fingerprint density at radius 3 is 2.59 bits per heavy atom. The van der Waals surface area contributed by atoms with Crippen molar-refractivity contribution in [2.45, 2.75) is 13.8 Å². The van der Waals surface area contributed by atoms with E-state index in [0.717, 1.165) is 21.5 Å². The SMILES string of the molecule is Cc1cc(Cl)nc(Nc2ccc(Br)c(C)c2)c1. The van der Waals surface area contributed by atoms with Crippen molar-refractivity contribution in [3.8, 4) is 0 Å². The van der Waals surface area contributed by atoms with Crippen molar-refractivity contribution in [1.82, 2.24) is 4.98 Å². The normalized spacial score (nSPS) is 10.4. The maximum atomic E-state index is 5.91. The molecule has 0 atom stereocenters. The zero-order chi connectivity index (χ0) is 12.4. The van der Waals surface area contributed by atoms with Crippen molar-refractivity contribution in [2.75, 3.05) is 5.32 Å². The molecule has 2 aromatic rings. The molecule has 2 rings (SSSR count). The topological polar surface area (TPSA) is 24.9 Å². The molecule has 1 heterocycles. The third-order valence-electron chi connectivity index (χ3n) is 2.37. The Balaban J connectivity index is 2.28. The zero-order valence-corrected chi connectivity index (χ0v) is 11.9. The van der Waals surface area contributed by atoms with Crippen molar-refractivity contribution in [3.05, 3.63) is 51.1 Å². The lowest BCUT2D eigenvalue weighted by molar-refractivity contribution is 1.27. The number of hydrogen-bond donors (Lipinski definition) is 1. The van der Waals surface area contributed by atoms with Gasteiger partial charge in [0.15, 0.2) is 0 Å². The maximum absolute atomic E-state index is 5.91. The van der Waals surface area contributed by atoms with Crippen molar-refractivity contribution >= 4 is 39.0 Å². The fourth-order valence-corrected chi connectivity index (χ4v) is 2.07. The molecular weight excluding hydrogens is 300 g/mol. The van der Waals surface area contributed by atoms with E-state index in [1.54, 1.807) is 0 Å². The average Bonchev–Trinajstić information content (AvgIpc) is 2.22. The lowest BCUT2D eigenvalue weighted by Crippen LogP contribution is -1.95. The second kappa shape index (κ2) is 5.07. The first kappa shape index (κ1) is 12.4. The number of anilines is 2. The lowest BCUT2D eigenvalue weighted by Gasteiger charge is -2.08. The van der Waals surface area contributed by atoms with Crippen LogP contribution >= 0.6 is 27.5 Å². The van der Waals surface area contributed by atoms with Crippen LogP contribution in [0.4, 0.5) is 11.5 Å². The molecule has 0 bridgehead atoms. The van der Waals surface area contributed by atoms with E-state index in [4.69, 9.17) is 11.6 Å². The number of benzene rings is 1. The van der Waals surface area contributed by atoms with Gasteiger partial charge in [0.05, 0.1) is 0 Å². The number of halogens is 2. The van der Waals surface area contributed by atoms with E-state index in [1.165, 1.54) is 5.56 Å². The van der Waals surface area contributed by atoms with Crippen LogP contribution in [0.25, 0.3) is 0 Å². The molecule has 0 radical (unpaired) electrons. The lowest BCUT2D eigenvalue weighted by atomic mass is 10.2. The summed E-state index contributed by atoms with van der Waals surface area (Å²) in [5.74, 6) is 0.761. The van der Waals surface area contributed by atoms with Crippen molar-refractivity contribution in [3.63, 3.8) is 0 Å². The summed E-state index contributed by atoms with van der Waals surface area (Å²) in [5.41, 5.74) is 3.26. The van der Waals surface area contributed by atoms with E-state index in [0.29, 0.717) is 5.15 Å². The Morgan fingerprint density at radius 2 is 1.94 bits per heavy atom. The molecule has 0 amide bonds. The summed E-state index contributed by atoms with van der Waals surface area (Å²) in [5, 5.41) is 3.74. The van der Waals surface area contributed by atoms with E-state index < -0.39 is 0 Å². The van der Waals surface area contributed by atoms with E-state index in [9.17, 15) is 0 Å². The van der Waals surface area contributed by atoms with Gasteiger partial charge < -0.3 is 5.32 Å². The first-order valence-electron chi connectivity index (χ1n) is 5.22. The standard InChI is InChI=1S/C13H12BrClN2/c1-8-5-12(15)17-13(6-8)16-10-3-4-11(14)9(2)7-10/h3-7H,1-2H3,(H,16,17). The van der Waals surface area contributed by atoms with Crippen LogP contribution in [0.3, 0.4) is 0 Å². The summed E-state index contributed by atoms with van der Waals surface area (Å²) in [7, 11) is 0. The Bertz CT molecular complexity index is 535. The van der Waals surface area contributed by atoms with Crippen LogP contribution in [-0.2, 0) is 0 Å². The van der Waals surface area contributed by atoms with Gasteiger partial charge in [-0.1, -0.05) is 27.5 Å². The number of pyridine rings is 1. The molecule has 0 saturated carbocycles. The minimum atomic E-state index is 0.501. The van der Waals surface area contributed by atoms with Crippen molar-refractivity contribution in [2.24, 2.45) is 0 Å². The number of nitrogens with one attached hydrogen (secondary N) is 1. The van der Waals surface area contributed by atoms with Crippen LogP contribution in [0.15, 0.2) is 34.8 Å². The van der Waals surface area contributed by atoms with Gasteiger partial charge in [0, 0.05) is 10.2 Å². The maximum Gasteiger partial charge on any atom is 0.132 e. The molecule has 0 unspecified atom stereocenters. The monoisotopic (exact) mass is 310 g/mol. The summed E-state index contributed by atoms with van der Waals surface area (Å²) in [4.78, 5) is 4.22. The highest BCUT2D eigenvalue weighted by Crippen LogP contribution is 2.23. The summed E-state index contributed by atoms with van der Waals surface area (Å²) in [6, 6.07) is 9.86. The molecule has 1 aromatic carbocycles. The molecular formula is C13H12BrClN2. The second-order valence-electron chi connectivity index (χ2n) is 3.94. The van der Waals surface area contributed by atoms with Gasteiger partial charge in [0.2, 0.25) is 0 Å². The fraction of sp³-hybridized carbons (Fsp3) is 0.154. The molecule has 1 aromatic heterocycles. The summed E-state index contributed by atoms with van der Waals surface area (Å²) >= 11 is 9.39. The van der Waals surface area contributed by atoms with Gasteiger partial charge in [0.1, 0.15) is 11.0 Å². The number of rotatable bonds is 2. The van der Waals surface area contributed by atoms with E-state index >= 15 is 0 Å². The fourth-order valence-electron chi connectivity index (χ4n) is 1.56. The summed E-state index contributed by atoms with van der Waals surface area (Å²) in [6.07, 6.45) is 0. The third-order valence-corrected chi connectivity index (χ3v) is 3.45. The second-order valence-corrected chi connectivity index (χ2v) is 5.18. The number of hydrogen-bond acceptors (Lipinski definition) is 2. The Hall–Kier alpha value is -1.06. The van der Waals surface area contributed by atoms with Gasteiger partial charge in [-0.3, -0.25) is 0 Å². The molecule has 0 aliphatic heterocycles. The van der Waals surface area contributed by atoms with Crippen LogP contribution < -0.4 is 5.32 Å². The van der Waals surface area contributed by atoms with E-state index in [2.05, 4.69) is 32.3 Å². The Morgan fingerprint density at radius 1 is 1.18 bits per heavy atom. The summed E-state index contributed by atoms with van der Waals surface area (Å²) in [6.45, 7) is 4.04. The molecule has 2 nitrogen and oxygen atoms in total. The van der Waals surface area contributed by atoms with Gasteiger partial charge in [-0.05, 0) is 55.3 Å². The van der Waals surface area contributed by atoms with Crippen LogP contribution in [0.5, 0.6) is 0 Å². The van der Waals surface area contributed by atoms with Crippen molar-refractivity contribution < 1.29 is 0 Å². The smallest absolute Gasteiger partial charge is 0.132 e. The molecule has 0 saturated heterocycles. The van der Waals surface area contributed by atoms with Crippen LogP contribution in [0.2, 0.25) is 5.15 Å². The highest BCUT2D eigenvalue weighted by Gasteiger charge is 2.01. The largest absolute Gasteiger partial charge is 0.340 e. The average molecular weight is 312 g/mol. The first-order valence-corrected chi connectivity index (χ1v) is 6.39. The molecule has 1 N–H and O–H groups in total. The van der Waals surface area contributed by atoms with Gasteiger partial charge in [-0.25, -0.2) is 4.98 Å². The van der Waals surface area contributed by atoms with Gasteiger partial charge >= 0.3 is 0 Å². The van der Waals surface area contributed by atoms with Crippen LogP contribution in [-0.4, -0.2) is 4.98 Å². The van der Waals surface area contributed by atoms with Gasteiger partial charge in [-0.2, -0.15) is 0 Å². The predicted molar refractivity (Wildman–Crippen MR) is 76.1 cm³/mol. The molecule has 0 aliphatic rings. The van der Waals surface area contributed by atoms with E-state index in [1.807, 2.05) is 38.1 Å². The summed E-state index contributed by atoms with van der Waals surface area (Å²) < 4.78 is 1.10. The predicted octanol–water partition coefficient (Wildman–Crippen LogP) is 4.86. The molecule has 17 heavy (non-hydrogen) atoms. The number of aryl methyl sites for hydroxylation is 2. The molecule has 4 heteroatoms. The van der Waals surface area contributed by atoms with Gasteiger partial charge in [0.25, 0.3) is 0 Å². The van der Waals surface area contributed by atoms with E-state index in [-0.39, 0.29) is 0 Å². The molecule has 88 valence electrons. The number of nitrogens with zero attached hydrogens (tertiary/aromatic N) is 1. The minimum absolute atomic E-state index is 0.501. The molecule has 0 aliphatic carbocycles. The quantitative estimate of drug-likeness (QED) is 0.801. The number of aromatic nitrogens is 1. The van der Waals surface area contributed by atoms with Crippen LogP contribution in [0.1, 0.15) is 11.1 Å².